The first kappa shape index (κ1) is 13.7. The van der Waals surface area contributed by atoms with Crippen LogP contribution in [0.3, 0.4) is 0 Å². The minimum Gasteiger partial charge on any atom is -0.453 e. The Morgan fingerprint density at radius 1 is 1.29 bits per heavy atom. The highest BCUT2D eigenvalue weighted by molar-refractivity contribution is 6.29. The van der Waals surface area contributed by atoms with Crippen molar-refractivity contribution in [3.05, 3.63) is 53.2 Å². The van der Waals surface area contributed by atoms with Crippen LogP contribution in [0, 0.1) is 0 Å². The van der Waals surface area contributed by atoms with Crippen LogP contribution < -0.4 is 0 Å². The van der Waals surface area contributed by atoms with Crippen LogP contribution in [-0.2, 0) is 25.4 Å². The summed E-state index contributed by atoms with van der Waals surface area (Å²) in [5.41, 5.74) is 1.50. The number of halogens is 1. The Kier molecular flexibility index (Phi) is 3.43. The van der Waals surface area contributed by atoms with Crippen molar-refractivity contribution in [3.63, 3.8) is 0 Å². The summed E-state index contributed by atoms with van der Waals surface area (Å²) in [5, 5.41) is 1.51. The monoisotopic (exact) mass is 303 g/mol. The standard InChI is InChI=1S/C15H14ClN3O2/c1-18-11-6-4-3-5-10(11)7-12(18)15(20)21-9-14-17-8-13(16)19(14)2/h3-8H,9H2,1-2H3. The Morgan fingerprint density at radius 3 is 2.71 bits per heavy atom. The molecule has 21 heavy (non-hydrogen) atoms. The van der Waals surface area contributed by atoms with E-state index in [4.69, 9.17) is 16.3 Å². The van der Waals surface area contributed by atoms with E-state index in [0.29, 0.717) is 16.7 Å². The Balaban J connectivity index is 1.81. The zero-order valence-electron chi connectivity index (χ0n) is 11.7. The highest BCUT2D eigenvalue weighted by Gasteiger charge is 2.15. The maximum absolute atomic E-state index is 12.2. The lowest BCUT2D eigenvalue weighted by molar-refractivity contribution is 0.0448. The van der Waals surface area contributed by atoms with Crippen LogP contribution in [0.1, 0.15) is 16.3 Å². The van der Waals surface area contributed by atoms with Gasteiger partial charge in [-0.25, -0.2) is 9.78 Å². The Morgan fingerprint density at radius 2 is 2.05 bits per heavy atom. The number of nitrogens with zero attached hydrogens (tertiary/aromatic N) is 3. The van der Waals surface area contributed by atoms with Crippen LogP contribution in [0.15, 0.2) is 36.5 Å². The highest BCUT2D eigenvalue weighted by atomic mass is 35.5. The average molecular weight is 304 g/mol. The summed E-state index contributed by atoms with van der Waals surface area (Å²) in [5.74, 6) is 0.222. The van der Waals surface area contributed by atoms with Crippen molar-refractivity contribution >= 4 is 28.5 Å². The number of carbonyl (C=O) groups is 1. The molecule has 3 aromatic rings. The number of benzene rings is 1. The molecule has 0 atom stereocenters. The molecule has 0 bridgehead atoms. The fourth-order valence-electron chi connectivity index (χ4n) is 2.25. The van der Waals surface area contributed by atoms with Crippen LogP contribution in [0.2, 0.25) is 5.15 Å². The number of imidazole rings is 1. The van der Waals surface area contributed by atoms with Gasteiger partial charge in [-0.05, 0) is 12.1 Å². The van der Waals surface area contributed by atoms with E-state index in [1.165, 1.54) is 6.20 Å². The molecule has 5 nitrogen and oxygen atoms in total. The molecule has 1 aromatic carbocycles. The molecule has 0 saturated carbocycles. The van der Waals surface area contributed by atoms with Crippen LogP contribution in [0.5, 0.6) is 0 Å². The van der Waals surface area contributed by atoms with Crippen LogP contribution in [0.4, 0.5) is 0 Å². The first-order valence-electron chi connectivity index (χ1n) is 6.45. The van der Waals surface area contributed by atoms with Gasteiger partial charge in [-0.15, -0.1) is 0 Å². The van der Waals surface area contributed by atoms with Gasteiger partial charge in [0.1, 0.15) is 23.3 Å². The summed E-state index contributed by atoms with van der Waals surface area (Å²) in [6, 6.07) is 9.62. The highest BCUT2D eigenvalue weighted by Crippen LogP contribution is 2.19. The van der Waals surface area contributed by atoms with Crippen molar-refractivity contribution in [2.75, 3.05) is 0 Å². The smallest absolute Gasteiger partial charge is 0.355 e. The molecular formula is C15H14ClN3O2. The van der Waals surface area contributed by atoms with Gasteiger partial charge in [0, 0.05) is 25.0 Å². The molecule has 108 valence electrons. The van der Waals surface area contributed by atoms with Gasteiger partial charge in [-0.3, -0.25) is 0 Å². The molecule has 2 aromatic heterocycles. The van der Waals surface area contributed by atoms with Crippen LogP contribution in [-0.4, -0.2) is 20.1 Å². The van der Waals surface area contributed by atoms with Crippen molar-refractivity contribution in [2.24, 2.45) is 14.1 Å². The molecule has 0 spiro atoms. The normalized spacial score (nSPS) is 11.0. The number of esters is 1. The molecule has 0 radical (unpaired) electrons. The summed E-state index contributed by atoms with van der Waals surface area (Å²) in [6.45, 7) is 0.0869. The fourth-order valence-corrected chi connectivity index (χ4v) is 2.39. The predicted octanol–water partition coefficient (Wildman–Crippen LogP) is 2.92. The molecule has 0 unspecified atom stereocenters. The van der Waals surface area contributed by atoms with Gasteiger partial charge < -0.3 is 13.9 Å². The predicted molar refractivity (Wildman–Crippen MR) is 80.3 cm³/mol. The third kappa shape index (κ3) is 2.40. The molecule has 0 aliphatic heterocycles. The van der Waals surface area contributed by atoms with Crippen molar-refractivity contribution in [2.45, 2.75) is 6.61 Å². The third-order valence-corrected chi connectivity index (χ3v) is 3.87. The Hall–Kier alpha value is -2.27. The number of hydrogen-bond acceptors (Lipinski definition) is 3. The molecule has 6 heteroatoms. The summed E-state index contributed by atoms with van der Waals surface area (Å²) in [6.07, 6.45) is 1.53. The zero-order chi connectivity index (χ0) is 15.0. The van der Waals surface area contributed by atoms with Crippen molar-refractivity contribution < 1.29 is 9.53 Å². The number of aromatic nitrogens is 3. The number of rotatable bonds is 3. The van der Waals surface area contributed by atoms with E-state index in [9.17, 15) is 4.79 Å². The van der Waals surface area contributed by atoms with Crippen LogP contribution in [0.25, 0.3) is 10.9 Å². The third-order valence-electron chi connectivity index (χ3n) is 3.52. The molecule has 0 fully saturated rings. The number of hydrogen-bond donors (Lipinski definition) is 0. The first-order chi connectivity index (χ1) is 10.1. The van der Waals surface area contributed by atoms with Gasteiger partial charge in [0.25, 0.3) is 0 Å². The van der Waals surface area contributed by atoms with E-state index >= 15 is 0 Å². The molecule has 2 heterocycles. The van der Waals surface area contributed by atoms with E-state index in [-0.39, 0.29) is 12.6 Å². The lowest BCUT2D eigenvalue weighted by atomic mass is 10.2. The fraction of sp³-hybridized carbons (Fsp3) is 0.200. The summed E-state index contributed by atoms with van der Waals surface area (Å²) >= 11 is 5.90. The largest absolute Gasteiger partial charge is 0.453 e. The van der Waals surface area contributed by atoms with Gasteiger partial charge in [0.15, 0.2) is 0 Å². The number of ether oxygens (including phenoxy) is 1. The Bertz CT molecular complexity index is 820. The number of para-hydroxylation sites is 1. The number of carbonyl (C=O) groups excluding carboxylic acids is 1. The molecule has 0 N–H and O–H groups in total. The van der Waals surface area contributed by atoms with E-state index < -0.39 is 0 Å². The molecule has 3 rings (SSSR count). The summed E-state index contributed by atoms with van der Waals surface area (Å²) in [7, 11) is 3.62. The van der Waals surface area contributed by atoms with Gasteiger partial charge >= 0.3 is 5.97 Å². The number of fused-ring (bicyclic) bond motifs is 1. The van der Waals surface area contributed by atoms with Crippen molar-refractivity contribution in [1.82, 2.24) is 14.1 Å². The molecule has 0 aliphatic rings. The van der Waals surface area contributed by atoms with Crippen LogP contribution >= 0.6 is 11.6 Å². The van der Waals surface area contributed by atoms with Crippen molar-refractivity contribution in [3.8, 4) is 0 Å². The quantitative estimate of drug-likeness (QED) is 0.699. The molecular weight excluding hydrogens is 290 g/mol. The maximum atomic E-state index is 12.2. The second-order valence-corrected chi connectivity index (χ2v) is 5.17. The first-order valence-corrected chi connectivity index (χ1v) is 6.83. The minimum atomic E-state index is -0.382. The summed E-state index contributed by atoms with van der Waals surface area (Å²) in [4.78, 5) is 16.3. The molecule has 0 saturated heterocycles. The second-order valence-electron chi connectivity index (χ2n) is 4.78. The van der Waals surface area contributed by atoms with Gasteiger partial charge in [-0.1, -0.05) is 29.8 Å². The average Bonchev–Trinajstić information content (AvgIpc) is 2.99. The molecule has 0 amide bonds. The lowest BCUT2D eigenvalue weighted by Gasteiger charge is -2.06. The second kappa shape index (κ2) is 5.26. The zero-order valence-corrected chi connectivity index (χ0v) is 12.5. The molecule has 0 aliphatic carbocycles. The Labute approximate surface area is 126 Å². The van der Waals surface area contributed by atoms with E-state index in [0.717, 1.165) is 10.9 Å². The van der Waals surface area contributed by atoms with Gasteiger partial charge in [-0.2, -0.15) is 0 Å². The number of aryl methyl sites for hydroxylation is 1. The van der Waals surface area contributed by atoms with Gasteiger partial charge in [0.05, 0.1) is 6.20 Å². The van der Waals surface area contributed by atoms with Gasteiger partial charge in [0.2, 0.25) is 0 Å². The van der Waals surface area contributed by atoms with E-state index in [2.05, 4.69) is 4.98 Å². The summed E-state index contributed by atoms with van der Waals surface area (Å²) < 4.78 is 8.82. The lowest BCUT2D eigenvalue weighted by Crippen LogP contribution is -2.11. The topological polar surface area (TPSA) is 49.1 Å². The van der Waals surface area contributed by atoms with E-state index in [1.54, 1.807) is 11.6 Å². The maximum Gasteiger partial charge on any atom is 0.355 e. The SMILES string of the molecule is Cn1c(Cl)cnc1COC(=O)c1cc2ccccc2n1C. The van der Waals surface area contributed by atoms with E-state index in [1.807, 2.05) is 41.9 Å². The van der Waals surface area contributed by atoms with Crippen molar-refractivity contribution in [1.29, 1.82) is 0 Å². The minimum absolute atomic E-state index is 0.0869.